The van der Waals surface area contributed by atoms with Crippen LogP contribution in [0.25, 0.3) is 0 Å². The number of amides is 1. The maximum absolute atomic E-state index is 12.3. The fourth-order valence-electron chi connectivity index (χ4n) is 1.99. The van der Waals surface area contributed by atoms with Crippen molar-refractivity contribution >= 4 is 73.7 Å². The molecule has 0 unspecified atom stereocenters. The number of benzene rings is 2. The molecule has 0 bridgehead atoms. The second kappa shape index (κ2) is 8.01. The van der Waals surface area contributed by atoms with E-state index in [2.05, 4.69) is 5.32 Å². The number of nitrogens with zero attached hydrogens (tertiary/aromatic N) is 1. The largest absolute Gasteiger partial charge is 0.322 e. The second-order valence-corrected chi connectivity index (χ2v) is 8.58. The molecule has 2 aromatic rings. The Morgan fingerprint density at radius 1 is 1.04 bits per heavy atom. The molecule has 1 amide bonds. The van der Waals surface area contributed by atoms with Gasteiger partial charge in [0.1, 0.15) is 6.54 Å². The molecule has 0 atom stereocenters. The molecular weight excluding hydrogens is 430 g/mol. The summed E-state index contributed by atoms with van der Waals surface area (Å²) < 4.78 is 25.1. The van der Waals surface area contributed by atoms with E-state index in [9.17, 15) is 13.2 Å². The van der Waals surface area contributed by atoms with Crippen LogP contribution < -0.4 is 9.62 Å². The van der Waals surface area contributed by atoms with Gasteiger partial charge in [-0.1, -0.05) is 52.5 Å². The molecule has 0 heterocycles. The number of sulfonamides is 1. The van der Waals surface area contributed by atoms with Crippen molar-refractivity contribution in [2.24, 2.45) is 0 Å². The average Bonchev–Trinajstić information content (AvgIpc) is 2.48. The van der Waals surface area contributed by atoms with Gasteiger partial charge in [-0.15, -0.1) is 0 Å². The standard InChI is InChI=1S/C15H12Cl4N2O3S/c1-25(23,24)21(13-6-5-9(16)7-12(13)19)8-14(22)20-15-10(17)3-2-4-11(15)18/h2-7H,8H2,1H3,(H,20,22). The molecule has 0 radical (unpaired) electrons. The number of carbonyl (C=O) groups is 1. The highest BCUT2D eigenvalue weighted by Gasteiger charge is 2.24. The summed E-state index contributed by atoms with van der Waals surface area (Å²) in [6, 6.07) is 9.00. The molecule has 5 nitrogen and oxygen atoms in total. The first-order chi connectivity index (χ1) is 11.6. The number of hydrogen-bond acceptors (Lipinski definition) is 3. The SMILES string of the molecule is CS(=O)(=O)N(CC(=O)Nc1c(Cl)cccc1Cl)c1ccc(Cl)cc1Cl. The number of rotatable bonds is 5. The van der Waals surface area contributed by atoms with Crippen LogP contribution in [0.2, 0.25) is 20.1 Å². The smallest absolute Gasteiger partial charge is 0.245 e. The molecule has 0 spiro atoms. The minimum atomic E-state index is -3.78. The van der Waals surface area contributed by atoms with Gasteiger partial charge < -0.3 is 5.32 Å². The van der Waals surface area contributed by atoms with E-state index in [4.69, 9.17) is 46.4 Å². The Morgan fingerprint density at radius 2 is 1.64 bits per heavy atom. The summed E-state index contributed by atoms with van der Waals surface area (Å²) in [6.07, 6.45) is 0.966. The predicted molar refractivity (Wildman–Crippen MR) is 104 cm³/mol. The van der Waals surface area contributed by atoms with Gasteiger partial charge >= 0.3 is 0 Å². The first-order valence-electron chi connectivity index (χ1n) is 6.76. The highest BCUT2D eigenvalue weighted by Crippen LogP contribution is 2.32. The van der Waals surface area contributed by atoms with Gasteiger partial charge in [-0.25, -0.2) is 8.42 Å². The highest BCUT2D eigenvalue weighted by molar-refractivity contribution is 7.92. The van der Waals surface area contributed by atoms with Crippen molar-refractivity contribution in [3.63, 3.8) is 0 Å². The van der Waals surface area contributed by atoms with E-state index >= 15 is 0 Å². The third kappa shape index (κ3) is 5.15. The van der Waals surface area contributed by atoms with E-state index in [0.717, 1.165) is 10.6 Å². The summed E-state index contributed by atoms with van der Waals surface area (Å²) in [5, 5.41) is 3.41. The first kappa shape index (κ1) is 20.1. The van der Waals surface area contributed by atoms with E-state index in [1.54, 1.807) is 18.2 Å². The van der Waals surface area contributed by atoms with Gasteiger partial charge in [-0.2, -0.15) is 0 Å². The number of carbonyl (C=O) groups excluding carboxylic acids is 1. The average molecular weight is 442 g/mol. The number of anilines is 2. The van der Waals surface area contributed by atoms with Gasteiger partial charge in [0.25, 0.3) is 0 Å². The van der Waals surface area contributed by atoms with Crippen molar-refractivity contribution in [3.05, 3.63) is 56.5 Å². The molecular formula is C15H12Cl4N2O3S. The molecule has 25 heavy (non-hydrogen) atoms. The van der Waals surface area contributed by atoms with Crippen molar-refractivity contribution in [1.82, 2.24) is 0 Å². The van der Waals surface area contributed by atoms with Gasteiger partial charge in [-0.3, -0.25) is 9.10 Å². The molecule has 0 saturated carbocycles. The normalized spacial score (nSPS) is 11.2. The molecule has 0 fully saturated rings. The summed E-state index contributed by atoms with van der Waals surface area (Å²) in [5.41, 5.74) is 0.334. The fourth-order valence-corrected chi connectivity index (χ4v) is 3.91. The van der Waals surface area contributed by atoms with Gasteiger partial charge in [0.15, 0.2) is 0 Å². The van der Waals surface area contributed by atoms with Crippen molar-refractivity contribution in [2.45, 2.75) is 0 Å². The molecule has 10 heteroatoms. The molecule has 0 aliphatic heterocycles. The Kier molecular flexibility index (Phi) is 6.45. The van der Waals surface area contributed by atoms with Crippen LogP contribution in [0.3, 0.4) is 0 Å². The van der Waals surface area contributed by atoms with Crippen molar-refractivity contribution in [3.8, 4) is 0 Å². The van der Waals surface area contributed by atoms with Gasteiger partial charge in [-0.05, 0) is 30.3 Å². The molecule has 0 aliphatic rings. The quantitative estimate of drug-likeness (QED) is 0.730. The molecule has 2 rings (SSSR count). The van der Waals surface area contributed by atoms with Crippen LogP contribution in [0.5, 0.6) is 0 Å². The zero-order valence-electron chi connectivity index (χ0n) is 12.8. The summed E-state index contributed by atoms with van der Waals surface area (Å²) >= 11 is 23.9. The second-order valence-electron chi connectivity index (χ2n) is 5.01. The number of halogens is 4. The molecule has 0 aromatic heterocycles. The van der Waals surface area contributed by atoms with Crippen LogP contribution in [-0.4, -0.2) is 27.1 Å². The van der Waals surface area contributed by atoms with E-state index in [1.165, 1.54) is 18.2 Å². The zero-order chi connectivity index (χ0) is 18.8. The lowest BCUT2D eigenvalue weighted by atomic mass is 10.3. The minimum Gasteiger partial charge on any atom is -0.322 e. The van der Waals surface area contributed by atoms with Crippen LogP contribution in [0, 0.1) is 0 Å². The Bertz CT molecular complexity index is 899. The van der Waals surface area contributed by atoms with E-state index in [0.29, 0.717) is 5.02 Å². The number of para-hydroxylation sites is 1. The van der Waals surface area contributed by atoms with Gasteiger partial charge in [0.2, 0.25) is 15.9 Å². The minimum absolute atomic E-state index is 0.0986. The summed E-state index contributed by atoms with van der Waals surface area (Å²) in [4.78, 5) is 12.3. The Morgan fingerprint density at radius 3 is 2.16 bits per heavy atom. The van der Waals surface area contributed by atoms with Crippen LogP contribution in [0.1, 0.15) is 0 Å². The van der Waals surface area contributed by atoms with E-state index < -0.39 is 22.5 Å². The third-order valence-corrected chi connectivity index (χ3v) is 5.39. The molecule has 134 valence electrons. The van der Waals surface area contributed by atoms with Gasteiger partial charge in [0.05, 0.1) is 32.7 Å². The maximum atomic E-state index is 12.3. The lowest BCUT2D eigenvalue weighted by molar-refractivity contribution is -0.114. The van der Waals surface area contributed by atoms with Gasteiger partial charge in [0, 0.05) is 5.02 Å². The summed E-state index contributed by atoms with van der Waals surface area (Å²) in [6.45, 7) is -0.512. The third-order valence-electron chi connectivity index (χ3n) is 3.09. The predicted octanol–water partition coefficient (Wildman–Crippen LogP) is 4.70. The Balaban J connectivity index is 2.30. The van der Waals surface area contributed by atoms with Crippen molar-refractivity contribution < 1.29 is 13.2 Å². The van der Waals surface area contributed by atoms with Crippen molar-refractivity contribution in [2.75, 3.05) is 22.4 Å². The van der Waals surface area contributed by atoms with Crippen LogP contribution >= 0.6 is 46.4 Å². The van der Waals surface area contributed by atoms with Crippen LogP contribution in [0.15, 0.2) is 36.4 Å². The fraction of sp³-hybridized carbons (Fsp3) is 0.133. The summed E-state index contributed by atoms with van der Waals surface area (Å²) in [7, 11) is -3.78. The number of nitrogens with one attached hydrogen (secondary N) is 1. The van der Waals surface area contributed by atoms with Crippen molar-refractivity contribution in [1.29, 1.82) is 0 Å². The highest BCUT2D eigenvalue weighted by atomic mass is 35.5. The first-order valence-corrected chi connectivity index (χ1v) is 10.1. The Hall–Kier alpha value is -1.18. The monoisotopic (exact) mass is 440 g/mol. The van der Waals surface area contributed by atoms with Crippen LogP contribution in [0.4, 0.5) is 11.4 Å². The van der Waals surface area contributed by atoms with Crippen LogP contribution in [-0.2, 0) is 14.8 Å². The summed E-state index contributed by atoms with van der Waals surface area (Å²) in [5.74, 6) is -0.633. The molecule has 0 aliphatic carbocycles. The topological polar surface area (TPSA) is 66.5 Å². The Labute approximate surface area is 165 Å². The van der Waals surface area contributed by atoms with E-state index in [1.807, 2.05) is 0 Å². The number of hydrogen-bond donors (Lipinski definition) is 1. The van der Waals surface area contributed by atoms with E-state index in [-0.39, 0.29) is 26.4 Å². The maximum Gasteiger partial charge on any atom is 0.245 e. The molecule has 1 N–H and O–H groups in total. The molecule has 2 aromatic carbocycles. The zero-order valence-corrected chi connectivity index (χ0v) is 16.6. The molecule has 0 saturated heterocycles. The lowest BCUT2D eigenvalue weighted by Crippen LogP contribution is -2.37. The lowest BCUT2D eigenvalue weighted by Gasteiger charge is -2.23.